The lowest BCUT2D eigenvalue weighted by Crippen LogP contribution is -2.38. The van der Waals surface area contributed by atoms with Crippen molar-refractivity contribution >= 4 is 11.6 Å². The van der Waals surface area contributed by atoms with E-state index in [0.29, 0.717) is 25.4 Å². The van der Waals surface area contributed by atoms with Gasteiger partial charge < -0.3 is 9.47 Å². The molecule has 30 heavy (non-hydrogen) atoms. The quantitative estimate of drug-likeness (QED) is 0.557. The van der Waals surface area contributed by atoms with Gasteiger partial charge >= 0.3 is 0 Å². The fourth-order valence-electron chi connectivity index (χ4n) is 3.62. The molecule has 0 aliphatic carbocycles. The Morgan fingerprint density at radius 1 is 1.20 bits per heavy atom. The Balaban J connectivity index is 1.34. The van der Waals surface area contributed by atoms with Crippen molar-refractivity contribution in [1.82, 2.24) is 14.7 Å². The Kier molecular flexibility index (Phi) is 6.67. The Morgan fingerprint density at radius 2 is 2.00 bits per heavy atom. The van der Waals surface area contributed by atoms with Gasteiger partial charge in [-0.1, -0.05) is 29.8 Å². The van der Waals surface area contributed by atoms with E-state index in [1.54, 1.807) is 12.1 Å². The predicted molar refractivity (Wildman–Crippen MR) is 114 cm³/mol. The molecule has 4 rings (SSSR count). The topological polar surface area (TPSA) is 39.5 Å². The summed E-state index contributed by atoms with van der Waals surface area (Å²) in [4.78, 5) is 2.35. The zero-order valence-electron chi connectivity index (χ0n) is 16.9. The van der Waals surface area contributed by atoms with Crippen LogP contribution < -0.4 is 4.74 Å². The van der Waals surface area contributed by atoms with E-state index in [4.69, 9.17) is 21.1 Å². The molecule has 0 bridgehead atoms. The van der Waals surface area contributed by atoms with E-state index in [9.17, 15) is 4.39 Å². The van der Waals surface area contributed by atoms with Crippen molar-refractivity contribution in [2.75, 3.05) is 26.3 Å². The summed E-state index contributed by atoms with van der Waals surface area (Å²) in [5.74, 6) is 0.388. The Labute approximate surface area is 181 Å². The van der Waals surface area contributed by atoms with Crippen LogP contribution in [0.25, 0.3) is 0 Å². The lowest BCUT2D eigenvalue weighted by atomic mass is 10.1. The first-order chi connectivity index (χ1) is 14.6. The van der Waals surface area contributed by atoms with Crippen LogP contribution in [-0.4, -0.2) is 41.0 Å². The summed E-state index contributed by atoms with van der Waals surface area (Å²) in [6.07, 6.45) is 0.635. The maximum atomic E-state index is 13.0. The molecule has 1 atom stereocenters. The number of nitrogens with zero attached hydrogens (tertiary/aromatic N) is 3. The number of hydrogen-bond donors (Lipinski definition) is 0. The van der Waals surface area contributed by atoms with Gasteiger partial charge in [-0.3, -0.25) is 9.58 Å². The Bertz CT molecular complexity index is 977. The van der Waals surface area contributed by atoms with E-state index in [-0.39, 0.29) is 11.9 Å². The number of aryl methyl sites for hydroxylation is 1. The van der Waals surface area contributed by atoms with Crippen LogP contribution in [0.15, 0.2) is 54.6 Å². The summed E-state index contributed by atoms with van der Waals surface area (Å²) in [5.41, 5.74) is 3.12. The maximum Gasteiger partial charge on any atom is 0.123 e. The predicted octanol–water partition coefficient (Wildman–Crippen LogP) is 4.41. The highest BCUT2D eigenvalue weighted by atomic mass is 35.5. The fourth-order valence-corrected chi connectivity index (χ4v) is 3.81. The van der Waals surface area contributed by atoms with Gasteiger partial charge in [0, 0.05) is 43.8 Å². The molecule has 0 spiro atoms. The normalized spacial score (nSPS) is 17.2. The first-order valence-electron chi connectivity index (χ1n) is 10.1. The molecule has 2 heterocycles. The van der Waals surface area contributed by atoms with Gasteiger partial charge in [-0.25, -0.2) is 4.39 Å². The molecule has 0 N–H and O–H groups in total. The number of halogens is 2. The third-order valence-corrected chi connectivity index (χ3v) is 5.64. The third-order valence-electron chi connectivity index (χ3n) is 5.27. The van der Waals surface area contributed by atoms with Crippen molar-refractivity contribution in [3.63, 3.8) is 0 Å². The standard InChI is InChI=1S/C23H25ClFN3O2/c1-27-19(10-12-29-20-8-6-18(25)7-9-20)14-22(26-27)23-16-28(11-13-30-23)15-17-4-2-3-5-21(17)24/h2-9,14,23H,10-13,15-16H2,1H3/t23-/m1/s1. The summed E-state index contributed by atoms with van der Waals surface area (Å²) in [7, 11) is 1.93. The van der Waals surface area contributed by atoms with Gasteiger partial charge in [-0.15, -0.1) is 0 Å². The minimum absolute atomic E-state index is 0.0702. The molecule has 2 aromatic carbocycles. The van der Waals surface area contributed by atoms with Crippen LogP contribution in [-0.2, 0) is 24.8 Å². The minimum Gasteiger partial charge on any atom is -0.493 e. The number of benzene rings is 2. The molecule has 3 aromatic rings. The second-order valence-corrected chi connectivity index (χ2v) is 7.83. The van der Waals surface area contributed by atoms with Crippen molar-refractivity contribution in [3.05, 3.63) is 82.4 Å². The van der Waals surface area contributed by atoms with E-state index >= 15 is 0 Å². The van der Waals surface area contributed by atoms with Gasteiger partial charge in [0.1, 0.15) is 17.7 Å². The molecule has 0 amide bonds. The number of rotatable bonds is 7. The van der Waals surface area contributed by atoms with Crippen LogP contribution in [0.3, 0.4) is 0 Å². The fraction of sp³-hybridized carbons (Fsp3) is 0.348. The molecule has 7 heteroatoms. The minimum atomic E-state index is -0.269. The van der Waals surface area contributed by atoms with E-state index in [0.717, 1.165) is 41.6 Å². The van der Waals surface area contributed by atoms with Crippen LogP contribution in [0.2, 0.25) is 5.02 Å². The highest BCUT2D eigenvalue weighted by Crippen LogP contribution is 2.25. The van der Waals surface area contributed by atoms with Crippen LogP contribution >= 0.6 is 11.6 Å². The molecule has 5 nitrogen and oxygen atoms in total. The smallest absolute Gasteiger partial charge is 0.123 e. The highest BCUT2D eigenvalue weighted by Gasteiger charge is 2.25. The van der Waals surface area contributed by atoms with Gasteiger partial charge in [0.15, 0.2) is 0 Å². The van der Waals surface area contributed by atoms with Crippen LogP contribution in [0.5, 0.6) is 5.75 Å². The zero-order chi connectivity index (χ0) is 20.9. The molecule has 1 aromatic heterocycles. The molecular weight excluding hydrogens is 405 g/mol. The van der Waals surface area contributed by atoms with Crippen molar-refractivity contribution in [1.29, 1.82) is 0 Å². The molecule has 158 valence electrons. The largest absolute Gasteiger partial charge is 0.493 e. The summed E-state index contributed by atoms with van der Waals surface area (Å²) in [6.45, 7) is 3.59. The van der Waals surface area contributed by atoms with Gasteiger partial charge in [-0.2, -0.15) is 5.10 Å². The van der Waals surface area contributed by atoms with Crippen molar-refractivity contribution in [2.45, 2.75) is 19.1 Å². The Hall–Kier alpha value is -2.41. The van der Waals surface area contributed by atoms with E-state index < -0.39 is 0 Å². The molecule has 1 fully saturated rings. The molecule has 1 aliphatic rings. The average Bonchev–Trinajstić information content (AvgIpc) is 3.12. The van der Waals surface area contributed by atoms with Crippen LogP contribution in [0.4, 0.5) is 4.39 Å². The summed E-state index contributed by atoms with van der Waals surface area (Å²) < 4.78 is 26.6. The molecule has 0 radical (unpaired) electrons. The van der Waals surface area contributed by atoms with Gasteiger partial charge in [-0.05, 0) is 42.0 Å². The second kappa shape index (κ2) is 9.60. The van der Waals surface area contributed by atoms with Gasteiger partial charge in [0.05, 0.1) is 18.9 Å². The molecule has 0 saturated carbocycles. The maximum absolute atomic E-state index is 13.0. The SMILES string of the molecule is Cn1nc([C@H]2CN(Cc3ccccc3Cl)CCO2)cc1CCOc1ccc(F)cc1. The van der Waals surface area contributed by atoms with Crippen molar-refractivity contribution in [3.8, 4) is 5.75 Å². The van der Waals surface area contributed by atoms with Gasteiger partial charge in [0.2, 0.25) is 0 Å². The number of ether oxygens (including phenoxy) is 2. The van der Waals surface area contributed by atoms with Crippen molar-refractivity contribution in [2.24, 2.45) is 7.05 Å². The highest BCUT2D eigenvalue weighted by molar-refractivity contribution is 6.31. The molecule has 0 unspecified atom stereocenters. The zero-order valence-corrected chi connectivity index (χ0v) is 17.7. The monoisotopic (exact) mass is 429 g/mol. The number of hydrogen-bond acceptors (Lipinski definition) is 4. The first-order valence-corrected chi connectivity index (χ1v) is 10.4. The van der Waals surface area contributed by atoms with Gasteiger partial charge in [0.25, 0.3) is 0 Å². The number of morpholine rings is 1. The molecule has 1 aliphatic heterocycles. The third kappa shape index (κ3) is 5.19. The summed E-state index contributed by atoms with van der Waals surface area (Å²) >= 11 is 6.32. The molecule has 1 saturated heterocycles. The summed E-state index contributed by atoms with van der Waals surface area (Å²) in [6, 6.07) is 16.1. The Morgan fingerprint density at radius 3 is 2.80 bits per heavy atom. The van der Waals surface area contributed by atoms with Crippen molar-refractivity contribution < 1.29 is 13.9 Å². The van der Waals surface area contributed by atoms with E-state index in [2.05, 4.69) is 22.1 Å². The molecular formula is C23H25ClFN3O2. The first kappa shape index (κ1) is 20.8. The van der Waals surface area contributed by atoms with E-state index in [1.807, 2.05) is 29.9 Å². The average molecular weight is 430 g/mol. The number of aromatic nitrogens is 2. The summed E-state index contributed by atoms with van der Waals surface area (Å²) in [5, 5.41) is 5.46. The lowest BCUT2D eigenvalue weighted by Gasteiger charge is -2.32. The van der Waals surface area contributed by atoms with Crippen LogP contribution in [0, 0.1) is 5.82 Å². The van der Waals surface area contributed by atoms with E-state index in [1.165, 1.54) is 12.1 Å². The van der Waals surface area contributed by atoms with Crippen LogP contribution in [0.1, 0.15) is 23.1 Å². The second-order valence-electron chi connectivity index (χ2n) is 7.42. The lowest BCUT2D eigenvalue weighted by molar-refractivity contribution is -0.0352.